The number of nitrogens with two attached hydrogens (primary N) is 1. The van der Waals surface area contributed by atoms with Crippen molar-refractivity contribution in [3.8, 4) is 0 Å². The molecule has 2 heteroatoms. The molecule has 0 heterocycles. The molecule has 0 aliphatic carbocycles. The molecule has 34 heavy (non-hydrogen) atoms. The highest BCUT2D eigenvalue weighted by Crippen LogP contribution is 2.22. The van der Waals surface area contributed by atoms with Gasteiger partial charge < -0.3 is 5.73 Å². The monoisotopic (exact) mass is 480 g/mol. The highest BCUT2D eigenvalue weighted by Gasteiger charge is 2.11. The molecule has 0 radical (unpaired) electrons. The Labute approximate surface area is 216 Å². The molecular weight excluding hydrogens is 414 g/mol. The SMILES string of the molecule is CCCCCCCCCCCCCCCC(CCCCCCCCCCCCCC)CC(N)=O. The van der Waals surface area contributed by atoms with Gasteiger partial charge in [-0.15, -0.1) is 0 Å². The minimum atomic E-state index is -0.0985. The van der Waals surface area contributed by atoms with E-state index in [4.69, 9.17) is 5.73 Å². The van der Waals surface area contributed by atoms with Crippen molar-refractivity contribution in [3.05, 3.63) is 0 Å². The van der Waals surface area contributed by atoms with Crippen LogP contribution in [0, 0.1) is 5.92 Å². The molecule has 1 atom stereocenters. The molecular formula is C32H65NO. The van der Waals surface area contributed by atoms with E-state index in [9.17, 15) is 4.79 Å². The van der Waals surface area contributed by atoms with Crippen molar-refractivity contribution in [2.24, 2.45) is 11.7 Å². The zero-order valence-electron chi connectivity index (χ0n) is 23.9. The van der Waals surface area contributed by atoms with E-state index in [1.54, 1.807) is 0 Å². The fourth-order valence-electron chi connectivity index (χ4n) is 5.36. The zero-order valence-corrected chi connectivity index (χ0v) is 23.9. The topological polar surface area (TPSA) is 43.1 Å². The Kier molecular flexibility index (Phi) is 28.3. The number of rotatable bonds is 29. The smallest absolute Gasteiger partial charge is 0.217 e. The average molecular weight is 480 g/mol. The summed E-state index contributed by atoms with van der Waals surface area (Å²) in [5.74, 6) is 0.437. The fourth-order valence-corrected chi connectivity index (χ4v) is 5.36. The maximum Gasteiger partial charge on any atom is 0.217 e. The van der Waals surface area contributed by atoms with Crippen molar-refractivity contribution in [1.82, 2.24) is 0 Å². The Morgan fingerprint density at radius 2 is 0.676 bits per heavy atom. The summed E-state index contributed by atoms with van der Waals surface area (Å²) >= 11 is 0. The minimum Gasteiger partial charge on any atom is -0.370 e. The molecule has 0 aromatic heterocycles. The van der Waals surface area contributed by atoms with Gasteiger partial charge in [0.25, 0.3) is 0 Å². The van der Waals surface area contributed by atoms with Crippen LogP contribution >= 0.6 is 0 Å². The first-order valence-electron chi connectivity index (χ1n) is 16.0. The molecule has 0 aromatic rings. The van der Waals surface area contributed by atoms with E-state index in [1.807, 2.05) is 0 Å². The van der Waals surface area contributed by atoms with Gasteiger partial charge in [0.05, 0.1) is 0 Å². The van der Waals surface area contributed by atoms with Crippen molar-refractivity contribution in [2.45, 2.75) is 194 Å². The van der Waals surface area contributed by atoms with E-state index in [2.05, 4.69) is 13.8 Å². The van der Waals surface area contributed by atoms with Gasteiger partial charge in [-0.1, -0.05) is 174 Å². The number of unbranched alkanes of at least 4 members (excludes halogenated alkanes) is 23. The first kappa shape index (κ1) is 33.5. The van der Waals surface area contributed by atoms with Crippen LogP contribution in [0.3, 0.4) is 0 Å². The third-order valence-electron chi connectivity index (χ3n) is 7.67. The Bertz CT molecular complexity index is 394. The summed E-state index contributed by atoms with van der Waals surface area (Å²) in [6, 6.07) is 0. The maximum absolute atomic E-state index is 11.5. The van der Waals surface area contributed by atoms with Crippen LogP contribution in [-0.4, -0.2) is 5.91 Å². The molecule has 0 saturated carbocycles. The van der Waals surface area contributed by atoms with Gasteiger partial charge in [0, 0.05) is 6.42 Å². The Morgan fingerprint density at radius 1 is 0.441 bits per heavy atom. The van der Waals surface area contributed by atoms with E-state index in [1.165, 1.54) is 173 Å². The molecule has 204 valence electrons. The molecule has 1 unspecified atom stereocenters. The van der Waals surface area contributed by atoms with Crippen molar-refractivity contribution < 1.29 is 4.79 Å². The Morgan fingerprint density at radius 3 is 0.912 bits per heavy atom. The average Bonchev–Trinajstić information content (AvgIpc) is 2.82. The Balaban J connectivity index is 3.51. The van der Waals surface area contributed by atoms with Gasteiger partial charge >= 0.3 is 0 Å². The first-order chi connectivity index (χ1) is 16.7. The standard InChI is InChI=1S/C32H65NO/c1-3-5-7-9-11-13-15-17-19-21-23-25-27-29-31(30-32(33)34)28-26-24-22-20-18-16-14-12-10-8-6-4-2/h31H,3-30H2,1-2H3,(H2,33,34). The zero-order chi connectivity index (χ0) is 25.0. The number of carbonyl (C=O) groups is 1. The van der Waals surface area contributed by atoms with Crippen molar-refractivity contribution in [3.63, 3.8) is 0 Å². The van der Waals surface area contributed by atoms with Crippen LogP contribution in [0.4, 0.5) is 0 Å². The van der Waals surface area contributed by atoms with Gasteiger partial charge in [0.2, 0.25) is 5.91 Å². The van der Waals surface area contributed by atoms with E-state index < -0.39 is 0 Å². The predicted octanol–water partition coefficient (Wildman–Crippen LogP) is 11.1. The molecule has 1 amide bonds. The second-order valence-corrected chi connectivity index (χ2v) is 11.2. The van der Waals surface area contributed by atoms with E-state index >= 15 is 0 Å². The molecule has 2 N–H and O–H groups in total. The van der Waals surface area contributed by atoms with Gasteiger partial charge in [-0.25, -0.2) is 0 Å². The third-order valence-corrected chi connectivity index (χ3v) is 7.67. The molecule has 0 aromatic carbocycles. The largest absolute Gasteiger partial charge is 0.370 e. The van der Waals surface area contributed by atoms with Crippen LogP contribution in [0.1, 0.15) is 194 Å². The predicted molar refractivity (Wildman–Crippen MR) is 153 cm³/mol. The summed E-state index contributed by atoms with van der Waals surface area (Å²) < 4.78 is 0. The van der Waals surface area contributed by atoms with Crippen LogP contribution in [0.15, 0.2) is 0 Å². The van der Waals surface area contributed by atoms with Crippen LogP contribution in [-0.2, 0) is 4.79 Å². The maximum atomic E-state index is 11.5. The summed E-state index contributed by atoms with van der Waals surface area (Å²) in [7, 11) is 0. The summed E-state index contributed by atoms with van der Waals surface area (Å²) in [6.45, 7) is 4.58. The molecule has 0 bridgehead atoms. The van der Waals surface area contributed by atoms with Gasteiger partial charge in [-0.3, -0.25) is 4.79 Å². The third kappa shape index (κ3) is 27.7. The molecule has 0 fully saturated rings. The fraction of sp³-hybridized carbons (Fsp3) is 0.969. The lowest BCUT2D eigenvalue weighted by Gasteiger charge is -2.15. The minimum absolute atomic E-state index is 0.0985. The Hall–Kier alpha value is -0.530. The lowest BCUT2D eigenvalue weighted by Crippen LogP contribution is -2.16. The second-order valence-electron chi connectivity index (χ2n) is 11.2. The normalized spacial score (nSPS) is 12.3. The molecule has 2 nitrogen and oxygen atoms in total. The van der Waals surface area contributed by atoms with Gasteiger partial charge in [0.15, 0.2) is 0 Å². The molecule has 0 saturated heterocycles. The van der Waals surface area contributed by atoms with Crippen LogP contribution in [0.2, 0.25) is 0 Å². The molecule has 0 aliphatic heterocycles. The second kappa shape index (κ2) is 28.7. The van der Waals surface area contributed by atoms with Crippen LogP contribution < -0.4 is 5.73 Å². The number of carbonyl (C=O) groups excluding carboxylic acids is 1. The van der Waals surface area contributed by atoms with Crippen molar-refractivity contribution in [2.75, 3.05) is 0 Å². The van der Waals surface area contributed by atoms with Crippen molar-refractivity contribution in [1.29, 1.82) is 0 Å². The van der Waals surface area contributed by atoms with Gasteiger partial charge in [-0.2, -0.15) is 0 Å². The first-order valence-corrected chi connectivity index (χ1v) is 16.0. The van der Waals surface area contributed by atoms with Gasteiger partial charge in [0.1, 0.15) is 0 Å². The summed E-state index contributed by atoms with van der Waals surface area (Å²) in [5.41, 5.74) is 5.53. The molecule has 0 aliphatic rings. The van der Waals surface area contributed by atoms with Crippen LogP contribution in [0.25, 0.3) is 0 Å². The van der Waals surface area contributed by atoms with E-state index in [-0.39, 0.29) is 5.91 Å². The summed E-state index contributed by atoms with van der Waals surface area (Å²) in [6.07, 6.45) is 38.0. The quantitative estimate of drug-likeness (QED) is 0.106. The van der Waals surface area contributed by atoms with E-state index in [0.29, 0.717) is 12.3 Å². The molecule has 0 rings (SSSR count). The highest BCUT2D eigenvalue weighted by molar-refractivity contribution is 5.73. The van der Waals surface area contributed by atoms with E-state index in [0.717, 1.165) is 0 Å². The molecule has 0 spiro atoms. The summed E-state index contributed by atoms with van der Waals surface area (Å²) in [5, 5.41) is 0. The lowest BCUT2D eigenvalue weighted by molar-refractivity contribution is -0.119. The number of amides is 1. The van der Waals surface area contributed by atoms with Crippen LogP contribution in [0.5, 0.6) is 0 Å². The number of hydrogen-bond donors (Lipinski definition) is 1. The van der Waals surface area contributed by atoms with Gasteiger partial charge in [-0.05, 0) is 18.8 Å². The number of hydrogen-bond acceptors (Lipinski definition) is 1. The van der Waals surface area contributed by atoms with Crippen molar-refractivity contribution >= 4 is 5.91 Å². The lowest BCUT2D eigenvalue weighted by atomic mass is 9.91. The highest BCUT2D eigenvalue weighted by atomic mass is 16.1. The number of primary amides is 1. The summed E-state index contributed by atoms with van der Waals surface area (Å²) in [4.78, 5) is 11.5.